The van der Waals surface area contributed by atoms with Gasteiger partial charge in [0.2, 0.25) is 0 Å². The zero-order valence-electron chi connectivity index (χ0n) is 15.0. The van der Waals surface area contributed by atoms with Gasteiger partial charge in [0.1, 0.15) is 5.60 Å². The van der Waals surface area contributed by atoms with Crippen LogP contribution in [0.15, 0.2) is 60.9 Å². The second-order valence-corrected chi connectivity index (χ2v) is 6.80. The van der Waals surface area contributed by atoms with Crippen molar-refractivity contribution in [2.45, 2.75) is 26.0 Å². The van der Waals surface area contributed by atoms with Gasteiger partial charge in [-0.25, -0.2) is 0 Å². The fourth-order valence-electron chi connectivity index (χ4n) is 3.00. The number of aliphatic hydroxyl groups is 1. The van der Waals surface area contributed by atoms with Crippen LogP contribution in [0.2, 0.25) is 0 Å². The molecule has 0 radical (unpaired) electrons. The van der Waals surface area contributed by atoms with Crippen LogP contribution in [0.4, 0.5) is 0 Å². The number of hydrogen-bond donors (Lipinski definition) is 2. The lowest BCUT2D eigenvalue weighted by molar-refractivity contribution is 0.0566. The minimum Gasteiger partial charge on any atom is -0.384 e. The van der Waals surface area contributed by atoms with Crippen molar-refractivity contribution in [2.75, 3.05) is 6.54 Å². The maximum atomic E-state index is 10.6. The summed E-state index contributed by atoms with van der Waals surface area (Å²) in [6.07, 6.45) is 3.56. The van der Waals surface area contributed by atoms with Crippen LogP contribution in [-0.2, 0) is 19.2 Å². The predicted molar refractivity (Wildman–Crippen MR) is 101 cm³/mol. The van der Waals surface area contributed by atoms with E-state index in [2.05, 4.69) is 65.9 Å². The first kappa shape index (κ1) is 17.4. The first-order chi connectivity index (χ1) is 12.0. The van der Waals surface area contributed by atoms with E-state index in [4.69, 9.17) is 0 Å². The largest absolute Gasteiger partial charge is 0.384 e. The van der Waals surface area contributed by atoms with Crippen molar-refractivity contribution < 1.29 is 5.11 Å². The van der Waals surface area contributed by atoms with Crippen molar-refractivity contribution in [1.82, 2.24) is 15.1 Å². The molecule has 0 aliphatic rings. The van der Waals surface area contributed by atoms with E-state index in [0.717, 1.165) is 5.56 Å². The number of benzene rings is 2. The van der Waals surface area contributed by atoms with Crippen LogP contribution in [0.25, 0.3) is 11.1 Å². The molecule has 1 unspecified atom stereocenters. The molecule has 0 aliphatic heterocycles. The SMILES string of the molecule is Cc1ccccc1-c1cccc(CNCC(C)(O)c2cnn(C)c2)c1. The molecule has 3 aromatic rings. The van der Waals surface area contributed by atoms with Crippen LogP contribution < -0.4 is 5.32 Å². The highest BCUT2D eigenvalue weighted by Crippen LogP contribution is 2.24. The topological polar surface area (TPSA) is 50.1 Å². The summed E-state index contributed by atoms with van der Waals surface area (Å²) in [6, 6.07) is 16.9. The van der Waals surface area contributed by atoms with Gasteiger partial charge in [-0.2, -0.15) is 5.10 Å². The van der Waals surface area contributed by atoms with Crippen LogP contribution in [0.5, 0.6) is 0 Å². The third-order valence-corrected chi connectivity index (χ3v) is 4.51. The Kier molecular flexibility index (Phi) is 5.02. The molecule has 0 amide bonds. The van der Waals surface area contributed by atoms with Crippen LogP contribution >= 0.6 is 0 Å². The molecule has 2 aromatic carbocycles. The first-order valence-corrected chi connectivity index (χ1v) is 8.53. The molecular formula is C21H25N3O. The maximum absolute atomic E-state index is 10.6. The molecule has 1 heterocycles. The third-order valence-electron chi connectivity index (χ3n) is 4.51. The molecule has 0 saturated heterocycles. The Bertz CT molecular complexity index is 852. The van der Waals surface area contributed by atoms with Gasteiger partial charge in [0.15, 0.2) is 0 Å². The smallest absolute Gasteiger partial charge is 0.102 e. The van der Waals surface area contributed by atoms with Gasteiger partial charge >= 0.3 is 0 Å². The Hall–Kier alpha value is -2.43. The number of nitrogens with one attached hydrogen (secondary N) is 1. The van der Waals surface area contributed by atoms with Gasteiger partial charge in [-0.15, -0.1) is 0 Å². The molecule has 4 nitrogen and oxygen atoms in total. The van der Waals surface area contributed by atoms with Crippen LogP contribution in [0.1, 0.15) is 23.6 Å². The Labute approximate surface area is 149 Å². The number of aryl methyl sites for hydroxylation is 2. The number of rotatable bonds is 6. The van der Waals surface area contributed by atoms with E-state index in [1.807, 2.05) is 13.2 Å². The monoisotopic (exact) mass is 335 g/mol. The Morgan fingerprint density at radius 1 is 1.16 bits per heavy atom. The summed E-state index contributed by atoms with van der Waals surface area (Å²) < 4.78 is 1.70. The minimum atomic E-state index is -0.943. The van der Waals surface area contributed by atoms with E-state index in [1.165, 1.54) is 22.3 Å². The molecule has 130 valence electrons. The van der Waals surface area contributed by atoms with Gasteiger partial charge in [-0.3, -0.25) is 4.68 Å². The number of nitrogens with zero attached hydrogens (tertiary/aromatic N) is 2. The summed E-state index contributed by atoms with van der Waals surface area (Å²) in [5, 5.41) is 18.1. The normalized spacial score (nSPS) is 13.6. The number of hydrogen-bond acceptors (Lipinski definition) is 3. The van der Waals surface area contributed by atoms with Crippen molar-refractivity contribution in [3.05, 3.63) is 77.6 Å². The van der Waals surface area contributed by atoms with E-state index in [-0.39, 0.29) is 0 Å². The molecule has 0 spiro atoms. The Morgan fingerprint density at radius 3 is 2.68 bits per heavy atom. The molecule has 0 saturated carbocycles. The summed E-state index contributed by atoms with van der Waals surface area (Å²) in [5.74, 6) is 0. The second kappa shape index (κ2) is 7.21. The summed E-state index contributed by atoms with van der Waals surface area (Å²) >= 11 is 0. The first-order valence-electron chi connectivity index (χ1n) is 8.53. The zero-order valence-corrected chi connectivity index (χ0v) is 15.0. The highest BCUT2D eigenvalue weighted by molar-refractivity contribution is 5.67. The third kappa shape index (κ3) is 4.16. The predicted octanol–water partition coefficient (Wildman–Crippen LogP) is 3.39. The van der Waals surface area contributed by atoms with Gasteiger partial charge in [-0.1, -0.05) is 42.5 Å². The highest BCUT2D eigenvalue weighted by Gasteiger charge is 2.24. The quantitative estimate of drug-likeness (QED) is 0.726. The summed E-state index contributed by atoms with van der Waals surface area (Å²) in [7, 11) is 1.85. The van der Waals surface area contributed by atoms with Gasteiger partial charge in [-0.05, 0) is 42.2 Å². The van der Waals surface area contributed by atoms with Crippen molar-refractivity contribution >= 4 is 0 Å². The molecule has 4 heteroatoms. The maximum Gasteiger partial charge on any atom is 0.102 e. The molecule has 1 atom stereocenters. The fraction of sp³-hybridized carbons (Fsp3) is 0.286. The zero-order chi connectivity index (χ0) is 17.9. The van der Waals surface area contributed by atoms with E-state index >= 15 is 0 Å². The molecule has 1 aromatic heterocycles. The van der Waals surface area contributed by atoms with E-state index in [9.17, 15) is 5.11 Å². The summed E-state index contributed by atoms with van der Waals surface area (Å²) in [6.45, 7) is 5.11. The molecule has 3 rings (SSSR count). The van der Waals surface area contributed by atoms with E-state index < -0.39 is 5.60 Å². The molecule has 0 fully saturated rings. The molecule has 0 aliphatic carbocycles. The van der Waals surface area contributed by atoms with Gasteiger partial charge in [0.05, 0.1) is 6.20 Å². The summed E-state index contributed by atoms with van der Waals surface area (Å²) in [4.78, 5) is 0. The lowest BCUT2D eigenvalue weighted by Crippen LogP contribution is -2.34. The summed E-state index contributed by atoms with van der Waals surface area (Å²) in [5.41, 5.74) is 4.82. The Morgan fingerprint density at radius 2 is 1.96 bits per heavy atom. The Balaban J connectivity index is 1.66. The van der Waals surface area contributed by atoms with Crippen molar-refractivity contribution in [2.24, 2.45) is 7.05 Å². The average Bonchev–Trinajstić information content (AvgIpc) is 3.03. The standard InChI is InChI=1S/C21H25N3O/c1-16-7-4-5-10-20(16)18-9-6-8-17(11-18)12-22-15-21(2,25)19-13-23-24(3)14-19/h4-11,13-14,22,25H,12,15H2,1-3H3. The van der Waals surface area contributed by atoms with Crippen LogP contribution in [-0.4, -0.2) is 21.4 Å². The minimum absolute atomic E-state index is 0.466. The fourth-order valence-corrected chi connectivity index (χ4v) is 3.00. The van der Waals surface area contributed by atoms with Crippen molar-refractivity contribution in [1.29, 1.82) is 0 Å². The van der Waals surface area contributed by atoms with Crippen LogP contribution in [0, 0.1) is 6.92 Å². The average molecular weight is 335 g/mol. The van der Waals surface area contributed by atoms with Gasteiger partial charge < -0.3 is 10.4 Å². The van der Waals surface area contributed by atoms with Crippen molar-refractivity contribution in [3.8, 4) is 11.1 Å². The molecule has 0 bridgehead atoms. The van der Waals surface area contributed by atoms with E-state index in [0.29, 0.717) is 13.1 Å². The second-order valence-electron chi connectivity index (χ2n) is 6.80. The molecule has 25 heavy (non-hydrogen) atoms. The van der Waals surface area contributed by atoms with Crippen LogP contribution in [0.3, 0.4) is 0 Å². The number of aromatic nitrogens is 2. The van der Waals surface area contributed by atoms with Gasteiger partial charge in [0, 0.05) is 31.9 Å². The lowest BCUT2D eigenvalue weighted by Gasteiger charge is -2.22. The molecular weight excluding hydrogens is 310 g/mol. The molecule has 2 N–H and O–H groups in total. The van der Waals surface area contributed by atoms with Crippen molar-refractivity contribution in [3.63, 3.8) is 0 Å². The van der Waals surface area contributed by atoms with Gasteiger partial charge in [0.25, 0.3) is 0 Å². The lowest BCUT2D eigenvalue weighted by atomic mass is 9.98. The highest BCUT2D eigenvalue weighted by atomic mass is 16.3. The van der Waals surface area contributed by atoms with E-state index in [1.54, 1.807) is 17.8 Å².